The fourth-order valence-corrected chi connectivity index (χ4v) is 2.20. The zero-order valence-electron chi connectivity index (χ0n) is 13.3. The smallest absolute Gasteiger partial charge is 0.255 e. The predicted octanol–water partition coefficient (Wildman–Crippen LogP) is 2.19. The zero-order valence-corrected chi connectivity index (χ0v) is 13.3. The Balaban J connectivity index is 1.75. The summed E-state index contributed by atoms with van der Waals surface area (Å²) in [7, 11) is 1.56. The average Bonchev–Trinajstić information content (AvgIpc) is 2.65. The Kier molecular flexibility index (Phi) is 4.47. The molecule has 126 valence electrons. The number of para-hydroxylation sites is 1. The van der Waals surface area contributed by atoms with Gasteiger partial charge in [-0.25, -0.2) is 0 Å². The number of methoxy groups -OCH3 is 1. The van der Waals surface area contributed by atoms with Crippen molar-refractivity contribution < 1.29 is 9.84 Å². The summed E-state index contributed by atoms with van der Waals surface area (Å²) in [5.41, 5.74) is 2.63. The first-order valence-electron chi connectivity index (χ1n) is 7.41. The fraction of sp³-hybridized carbons (Fsp3) is 0.0556. The largest absolute Gasteiger partial charge is 0.507 e. The van der Waals surface area contributed by atoms with E-state index in [4.69, 9.17) is 4.74 Å². The van der Waals surface area contributed by atoms with E-state index in [9.17, 15) is 14.7 Å². The van der Waals surface area contributed by atoms with E-state index in [0.29, 0.717) is 17.0 Å². The standard InChI is InChI=1S/C18H15N3O4/c1-25-13-8-6-12(7-9-13)20-15-16(18(24)17(15)23)21-19-10-11-4-2-3-5-14(11)22/h2-10,20-22H,1H3. The van der Waals surface area contributed by atoms with Crippen LogP contribution in [0.4, 0.5) is 17.1 Å². The molecule has 0 aliphatic heterocycles. The summed E-state index contributed by atoms with van der Waals surface area (Å²) in [4.78, 5) is 23.5. The molecular weight excluding hydrogens is 322 g/mol. The number of ether oxygens (including phenoxy) is 1. The molecule has 0 unspecified atom stereocenters. The normalized spacial score (nSPS) is 10.9. The second-order valence-corrected chi connectivity index (χ2v) is 5.19. The van der Waals surface area contributed by atoms with Crippen LogP contribution >= 0.6 is 0 Å². The van der Waals surface area contributed by atoms with Gasteiger partial charge in [0.1, 0.15) is 22.9 Å². The molecule has 3 rings (SSSR count). The molecule has 0 atom stereocenters. The summed E-state index contributed by atoms with van der Waals surface area (Å²) in [6.07, 6.45) is 1.36. The van der Waals surface area contributed by atoms with Gasteiger partial charge in [0.2, 0.25) is 0 Å². The maximum absolute atomic E-state index is 11.8. The second-order valence-electron chi connectivity index (χ2n) is 5.19. The number of nitrogens with zero attached hydrogens (tertiary/aromatic N) is 1. The lowest BCUT2D eigenvalue weighted by Crippen LogP contribution is -2.35. The van der Waals surface area contributed by atoms with E-state index in [1.807, 2.05) is 0 Å². The molecule has 0 spiro atoms. The van der Waals surface area contributed by atoms with Crippen LogP contribution in [0.1, 0.15) is 5.56 Å². The summed E-state index contributed by atoms with van der Waals surface area (Å²) in [5, 5.41) is 16.4. The van der Waals surface area contributed by atoms with Crippen LogP contribution in [0.15, 0.2) is 63.2 Å². The van der Waals surface area contributed by atoms with Crippen molar-refractivity contribution in [2.24, 2.45) is 5.10 Å². The number of benzene rings is 2. The Labute approximate surface area is 142 Å². The van der Waals surface area contributed by atoms with Gasteiger partial charge in [0.05, 0.1) is 13.3 Å². The molecule has 7 heteroatoms. The first-order valence-corrected chi connectivity index (χ1v) is 7.41. The van der Waals surface area contributed by atoms with Crippen molar-refractivity contribution in [1.29, 1.82) is 0 Å². The molecule has 0 saturated carbocycles. The Hall–Kier alpha value is -3.61. The summed E-state index contributed by atoms with van der Waals surface area (Å²) in [6, 6.07) is 13.5. The Morgan fingerprint density at radius 2 is 1.68 bits per heavy atom. The van der Waals surface area contributed by atoms with Crippen LogP contribution in [0, 0.1) is 0 Å². The van der Waals surface area contributed by atoms with Crippen molar-refractivity contribution in [2.75, 3.05) is 17.9 Å². The van der Waals surface area contributed by atoms with E-state index >= 15 is 0 Å². The third-order valence-electron chi connectivity index (χ3n) is 3.59. The third-order valence-corrected chi connectivity index (χ3v) is 3.59. The van der Waals surface area contributed by atoms with Gasteiger partial charge in [-0.1, -0.05) is 12.1 Å². The van der Waals surface area contributed by atoms with Crippen molar-refractivity contribution in [3.8, 4) is 11.5 Å². The minimum absolute atomic E-state index is 0.0645. The summed E-state index contributed by atoms with van der Waals surface area (Å²) < 4.78 is 5.07. The highest BCUT2D eigenvalue weighted by Crippen LogP contribution is 2.22. The second kappa shape index (κ2) is 6.88. The van der Waals surface area contributed by atoms with Gasteiger partial charge in [-0.05, 0) is 36.4 Å². The van der Waals surface area contributed by atoms with E-state index in [1.54, 1.807) is 49.6 Å². The molecule has 25 heavy (non-hydrogen) atoms. The van der Waals surface area contributed by atoms with Crippen LogP contribution in [0.25, 0.3) is 0 Å². The van der Waals surface area contributed by atoms with Crippen LogP contribution in [0.2, 0.25) is 0 Å². The summed E-state index contributed by atoms with van der Waals surface area (Å²) >= 11 is 0. The Morgan fingerprint density at radius 1 is 1.00 bits per heavy atom. The van der Waals surface area contributed by atoms with Crippen molar-refractivity contribution >= 4 is 23.3 Å². The fourth-order valence-electron chi connectivity index (χ4n) is 2.20. The van der Waals surface area contributed by atoms with Crippen molar-refractivity contribution in [3.63, 3.8) is 0 Å². The molecule has 7 nitrogen and oxygen atoms in total. The highest BCUT2D eigenvalue weighted by atomic mass is 16.5. The van der Waals surface area contributed by atoms with Crippen molar-refractivity contribution in [3.05, 3.63) is 74.5 Å². The first kappa shape index (κ1) is 16.3. The maximum Gasteiger partial charge on any atom is 0.255 e. The molecule has 0 radical (unpaired) electrons. The Bertz CT molecular complexity index is 986. The molecule has 3 N–H and O–H groups in total. The zero-order chi connectivity index (χ0) is 17.8. The van der Waals surface area contributed by atoms with Gasteiger partial charge in [-0.15, -0.1) is 0 Å². The minimum Gasteiger partial charge on any atom is -0.507 e. The van der Waals surface area contributed by atoms with Gasteiger partial charge in [0.25, 0.3) is 10.9 Å². The lowest BCUT2D eigenvalue weighted by molar-refractivity contribution is 0.415. The van der Waals surface area contributed by atoms with Crippen LogP contribution in [0.5, 0.6) is 11.5 Å². The van der Waals surface area contributed by atoms with E-state index in [2.05, 4.69) is 15.8 Å². The van der Waals surface area contributed by atoms with Gasteiger partial charge < -0.3 is 15.2 Å². The van der Waals surface area contributed by atoms with Crippen LogP contribution in [-0.2, 0) is 0 Å². The van der Waals surface area contributed by atoms with E-state index in [0.717, 1.165) is 0 Å². The number of aromatic hydroxyl groups is 1. The van der Waals surface area contributed by atoms with Gasteiger partial charge in [-0.2, -0.15) is 5.10 Å². The SMILES string of the molecule is COc1ccc(Nc2c(NN=Cc3ccccc3O)c(=O)c2=O)cc1. The van der Waals surface area contributed by atoms with E-state index < -0.39 is 10.9 Å². The number of phenols is 1. The van der Waals surface area contributed by atoms with Crippen LogP contribution < -0.4 is 26.3 Å². The number of hydrogen-bond donors (Lipinski definition) is 3. The van der Waals surface area contributed by atoms with Gasteiger partial charge >= 0.3 is 0 Å². The molecule has 0 saturated heterocycles. The van der Waals surface area contributed by atoms with Crippen molar-refractivity contribution in [1.82, 2.24) is 0 Å². The molecular formula is C18H15N3O4. The molecule has 3 aromatic rings. The number of phenolic OH excluding ortho intramolecular Hbond substituents is 1. The molecule has 0 aliphatic rings. The van der Waals surface area contributed by atoms with Gasteiger partial charge in [-0.3, -0.25) is 15.0 Å². The number of hydrogen-bond acceptors (Lipinski definition) is 7. The molecule has 0 aromatic heterocycles. The third kappa shape index (κ3) is 3.35. The molecule has 0 aliphatic carbocycles. The van der Waals surface area contributed by atoms with Gasteiger partial charge in [0, 0.05) is 11.3 Å². The number of hydrazone groups is 1. The summed E-state index contributed by atoms with van der Waals surface area (Å²) in [5.74, 6) is 0.746. The van der Waals surface area contributed by atoms with Crippen LogP contribution in [0.3, 0.4) is 0 Å². The minimum atomic E-state index is -0.648. The Morgan fingerprint density at radius 3 is 2.36 bits per heavy atom. The van der Waals surface area contributed by atoms with E-state index in [-0.39, 0.29) is 17.1 Å². The quantitative estimate of drug-likeness (QED) is 0.362. The highest BCUT2D eigenvalue weighted by molar-refractivity contribution is 5.85. The van der Waals surface area contributed by atoms with Crippen molar-refractivity contribution in [2.45, 2.75) is 0 Å². The van der Waals surface area contributed by atoms with Gasteiger partial charge in [0.15, 0.2) is 0 Å². The summed E-state index contributed by atoms with van der Waals surface area (Å²) in [6.45, 7) is 0. The number of anilines is 3. The van der Waals surface area contributed by atoms with Crippen LogP contribution in [-0.4, -0.2) is 18.4 Å². The number of rotatable bonds is 6. The lowest BCUT2D eigenvalue weighted by atomic mass is 10.2. The molecule has 0 heterocycles. The maximum atomic E-state index is 11.8. The highest BCUT2D eigenvalue weighted by Gasteiger charge is 2.20. The molecule has 0 bridgehead atoms. The van der Waals surface area contributed by atoms with E-state index in [1.165, 1.54) is 12.3 Å². The first-order chi connectivity index (χ1) is 12.1. The lowest BCUT2D eigenvalue weighted by Gasteiger charge is -2.12. The predicted molar refractivity (Wildman–Crippen MR) is 97.0 cm³/mol. The molecule has 0 amide bonds. The average molecular weight is 337 g/mol. The molecule has 0 fully saturated rings. The number of nitrogens with one attached hydrogen (secondary N) is 2. The topological polar surface area (TPSA) is 100 Å². The molecule has 3 aromatic carbocycles. The monoisotopic (exact) mass is 337 g/mol.